The van der Waals surface area contributed by atoms with Gasteiger partial charge in [-0.05, 0) is 43.0 Å². The summed E-state index contributed by atoms with van der Waals surface area (Å²) in [6, 6.07) is 26.2. The number of benzene rings is 2. The van der Waals surface area contributed by atoms with Crippen LogP contribution in [0.5, 0.6) is 0 Å². The lowest BCUT2D eigenvalue weighted by Gasteiger charge is -2.37. The fraction of sp³-hybridized carbons (Fsp3) is 0.310. The third-order valence-electron chi connectivity index (χ3n) is 6.87. The average Bonchev–Trinajstić information content (AvgIpc) is 3.21. The standard InChI is InChI=1S/C27H28N4O.C2HF3O2/c1-21-29-27(22-10-4-2-5-11-22,23-12-6-3-7-13-23)26(32)31(21)25-15-18-30(19-16-25)20-24-14-8-9-17-28-24;3-2(4,5)1(6)7/h2-14,17,25H,15-16,18-20H2,1H3;(H,6,7). The van der Waals surface area contributed by atoms with E-state index in [9.17, 15) is 18.0 Å². The van der Waals surface area contributed by atoms with Crippen molar-refractivity contribution in [1.82, 2.24) is 14.8 Å². The van der Waals surface area contributed by atoms with Gasteiger partial charge in [0.05, 0.1) is 5.69 Å². The molecular weight excluding hydrogens is 509 g/mol. The van der Waals surface area contributed by atoms with Gasteiger partial charge in [0, 0.05) is 31.9 Å². The number of alkyl halides is 3. The zero-order chi connectivity index (χ0) is 28.0. The van der Waals surface area contributed by atoms with Crippen molar-refractivity contribution in [2.75, 3.05) is 13.1 Å². The van der Waals surface area contributed by atoms with E-state index in [0.717, 1.165) is 55.1 Å². The SMILES string of the molecule is CC1=NC(c2ccccc2)(c2ccccc2)C(=O)N1C1CCN(Cc2ccccn2)CC1.O=C(O)C(F)(F)F. The molecule has 0 saturated carbocycles. The Morgan fingerprint density at radius 3 is 1.92 bits per heavy atom. The van der Waals surface area contributed by atoms with Gasteiger partial charge in [-0.3, -0.25) is 19.6 Å². The molecule has 204 valence electrons. The second-order valence-electron chi connectivity index (χ2n) is 9.41. The minimum absolute atomic E-state index is 0.0653. The van der Waals surface area contributed by atoms with Crippen molar-refractivity contribution in [3.05, 3.63) is 102 Å². The van der Waals surface area contributed by atoms with Crippen LogP contribution in [0.25, 0.3) is 0 Å². The van der Waals surface area contributed by atoms with Gasteiger partial charge in [0.2, 0.25) is 0 Å². The molecule has 2 aliphatic rings. The summed E-state index contributed by atoms with van der Waals surface area (Å²) in [7, 11) is 0. The molecule has 1 aromatic heterocycles. The fourth-order valence-corrected chi connectivity index (χ4v) is 5.05. The topological polar surface area (TPSA) is 86.1 Å². The lowest BCUT2D eigenvalue weighted by Crippen LogP contribution is -2.50. The first-order valence-electron chi connectivity index (χ1n) is 12.6. The minimum Gasteiger partial charge on any atom is -0.475 e. The van der Waals surface area contributed by atoms with E-state index < -0.39 is 17.7 Å². The van der Waals surface area contributed by atoms with Crippen LogP contribution in [0, 0.1) is 0 Å². The number of likely N-dealkylation sites (tertiary alicyclic amines) is 1. The van der Waals surface area contributed by atoms with Crippen LogP contribution < -0.4 is 0 Å². The van der Waals surface area contributed by atoms with E-state index in [0.29, 0.717) is 0 Å². The highest BCUT2D eigenvalue weighted by atomic mass is 19.4. The van der Waals surface area contributed by atoms with Crippen molar-refractivity contribution in [3.63, 3.8) is 0 Å². The Morgan fingerprint density at radius 1 is 0.949 bits per heavy atom. The second kappa shape index (κ2) is 11.8. The summed E-state index contributed by atoms with van der Waals surface area (Å²) >= 11 is 0. The van der Waals surface area contributed by atoms with Crippen LogP contribution in [0.15, 0.2) is 90.1 Å². The van der Waals surface area contributed by atoms with Crippen molar-refractivity contribution in [3.8, 4) is 0 Å². The number of carboxylic acids is 1. The highest BCUT2D eigenvalue weighted by molar-refractivity contribution is 6.10. The molecule has 1 saturated heterocycles. The quantitative estimate of drug-likeness (QED) is 0.500. The van der Waals surface area contributed by atoms with Gasteiger partial charge in [-0.2, -0.15) is 13.2 Å². The number of rotatable bonds is 5. The van der Waals surface area contributed by atoms with Crippen molar-refractivity contribution in [1.29, 1.82) is 0 Å². The number of amides is 1. The number of hydrogen-bond acceptors (Lipinski definition) is 5. The first-order chi connectivity index (χ1) is 18.6. The van der Waals surface area contributed by atoms with E-state index >= 15 is 0 Å². The third kappa shape index (κ3) is 6.17. The van der Waals surface area contributed by atoms with Gasteiger partial charge in [0.25, 0.3) is 5.91 Å². The van der Waals surface area contributed by atoms with Crippen LogP contribution in [-0.4, -0.2) is 62.9 Å². The van der Waals surface area contributed by atoms with Crippen molar-refractivity contribution in [2.24, 2.45) is 4.99 Å². The predicted octanol–water partition coefficient (Wildman–Crippen LogP) is 4.88. The van der Waals surface area contributed by atoms with Gasteiger partial charge in [0.1, 0.15) is 5.84 Å². The summed E-state index contributed by atoms with van der Waals surface area (Å²) in [4.78, 5) is 36.9. The van der Waals surface area contributed by atoms with E-state index in [4.69, 9.17) is 14.9 Å². The van der Waals surface area contributed by atoms with Crippen molar-refractivity contribution >= 4 is 17.7 Å². The molecule has 0 radical (unpaired) electrons. The second-order valence-corrected chi connectivity index (χ2v) is 9.41. The largest absolute Gasteiger partial charge is 0.490 e. The summed E-state index contributed by atoms with van der Waals surface area (Å²) in [6.07, 6.45) is -1.37. The maximum Gasteiger partial charge on any atom is 0.490 e. The number of aromatic nitrogens is 1. The Bertz CT molecular complexity index is 1250. The number of carbonyl (C=O) groups excluding carboxylic acids is 1. The zero-order valence-electron chi connectivity index (χ0n) is 21.4. The molecule has 0 atom stereocenters. The summed E-state index contributed by atoms with van der Waals surface area (Å²) < 4.78 is 31.7. The summed E-state index contributed by atoms with van der Waals surface area (Å²) in [6.45, 7) is 4.72. The molecular formula is C29H29F3N4O3. The molecule has 10 heteroatoms. The minimum atomic E-state index is -5.08. The molecule has 5 rings (SSSR count). The Balaban J connectivity index is 0.000000448. The molecule has 1 amide bonds. The molecule has 7 nitrogen and oxygen atoms in total. The molecule has 2 aliphatic heterocycles. The third-order valence-corrected chi connectivity index (χ3v) is 6.87. The van der Waals surface area contributed by atoms with Gasteiger partial charge in [0.15, 0.2) is 5.54 Å². The van der Waals surface area contributed by atoms with Crippen LogP contribution in [0.1, 0.15) is 36.6 Å². The number of piperidine rings is 1. The van der Waals surface area contributed by atoms with Crippen molar-refractivity contribution in [2.45, 2.75) is 44.1 Å². The molecule has 3 aromatic rings. The Kier molecular flexibility index (Phi) is 8.44. The number of amidine groups is 1. The number of hydrogen-bond donors (Lipinski definition) is 1. The van der Waals surface area contributed by atoms with Crippen LogP contribution in [0.2, 0.25) is 0 Å². The average molecular weight is 539 g/mol. The Labute approximate surface area is 224 Å². The molecule has 3 heterocycles. The van der Waals surface area contributed by atoms with Gasteiger partial charge >= 0.3 is 12.1 Å². The Morgan fingerprint density at radius 2 is 1.46 bits per heavy atom. The van der Waals surface area contributed by atoms with Crippen LogP contribution in [-0.2, 0) is 21.7 Å². The van der Waals surface area contributed by atoms with E-state index in [2.05, 4.69) is 16.0 Å². The first-order valence-corrected chi connectivity index (χ1v) is 12.6. The molecule has 39 heavy (non-hydrogen) atoms. The first kappa shape index (κ1) is 28.0. The van der Waals surface area contributed by atoms with Gasteiger partial charge in [-0.25, -0.2) is 9.79 Å². The van der Waals surface area contributed by atoms with E-state index in [1.165, 1.54) is 0 Å². The molecule has 1 N–H and O–H groups in total. The zero-order valence-corrected chi connectivity index (χ0v) is 21.4. The number of nitrogens with zero attached hydrogens (tertiary/aromatic N) is 4. The fourth-order valence-electron chi connectivity index (χ4n) is 5.05. The number of carbonyl (C=O) groups is 2. The predicted molar refractivity (Wildman–Crippen MR) is 140 cm³/mol. The maximum absolute atomic E-state index is 14.1. The van der Waals surface area contributed by atoms with E-state index in [-0.39, 0.29) is 11.9 Å². The molecule has 2 aromatic carbocycles. The maximum atomic E-state index is 14.1. The highest BCUT2D eigenvalue weighted by Crippen LogP contribution is 2.41. The number of pyridine rings is 1. The van der Waals surface area contributed by atoms with Gasteiger partial charge < -0.3 is 5.11 Å². The summed E-state index contributed by atoms with van der Waals surface area (Å²) in [5.41, 5.74) is 1.93. The van der Waals surface area contributed by atoms with Gasteiger partial charge in [-0.15, -0.1) is 0 Å². The van der Waals surface area contributed by atoms with E-state index in [1.807, 2.05) is 90.8 Å². The van der Waals surface area contributed by atoms with Crippen LogP contribution in [0.3, 0.4) is 0 Å². The number of halogens is 3. The smallest absolute Gasteiger partial charge is 0.475 e. The van der Waals surface area contributed by atoms with E-state index in [1.54, 1.807) is 0 Å². The summed E-state index contributed by atoms with van der Waals surface area (Å²) in [5, 5.41) is 7.12. The van der Waals surface area contributed by atoms with Crippen LogP contribution >= 0.6 is 0 Å². The van der Waals surface area contributed by atoms with Crippen molar-refractivity contribution < 1.29 is 27.9 Å². The highest BCUT2D eigenvalue weighted by Gasteiger charge is 2.51. The van der Waals surface area contributed by atoms with Crippen LogP contribution in [0.4, 0.5) is 13.2 Å². The lowest BCUT2D eigenvalue weighted by molar-refractivity contribution is -0.192. The molecule has 0 spiro atoms. The number of aliphatic carboxylic acids is 1. The molecule has 0 bridgehead atoms. The summed E-state index contributed by atoms with van der Waals surface area (Å²) in [5.74, 6) is -1.88. The lowest BCUT2D eigenvalue weighted by atomic mass is 9.82. The number of carboxylic acid groups (broad SMARTS) is 1. The van der Waals surface area contributed by atoms with Gasteiger partial charge in [-0.1, -0.05) is 66.7 Å². The number of aliphatic imine (C=N–C) groups is 1. The normalized spacial score (nSPS) is 17.8. The molecule has 0 unspecified atom stereocenters. The molecule has 0 aliphatic carbocycles. The monoisotopic (exact) mass is 538 g/mol. The molecule has 1 fully saturated rings. The Hall–Kier alpha value is -4.05.